The number of aromatic nitrogens is 4. The molecule has 0 spiro atoms. The molecule has 1 fully saturated rings. The molecular weight excluding hydrogens is 480 g/mol. The molecule has 0 unspecified atom stereocenters. The number of nitrogens with zero attached hydrogens (tertiary/aromatic N) is 6. The second kappa shape index (κ2) is 11.8. The van der Waals surface area contributed by atoms with Crippen molar-refractivity contribution in [3.63, 3.8) is 0 Å². The van der Waals surface area contributed by atoms with Gasteiger partial charge in [-0.1, -0.05) is 30.3 Å². The van der Waals surface area contributed by atoms with Crippen molar-refractivity contribution in [3.05, 3.63) is 82.1 Å². The average Bonchev–Trinajstić information content (AvgIpc) is 3.49. The molecule has 4 heterocycles. The Morgan fingerprint density at radius 3 is 2.49 bits per heavy atom. The molecule has 184 valence electrons. The highest BCUT2D eigenvalue weighted by atomic mass is 35.5. The van der Waals surface area contributed by atoms with Gasteiger partial charge in [-0.3, -0.25) is 14.6 Å². The predicted octanol–water partition coefficient (Wildman–Crippen LogP) is 4.71. The Balaban J connectivity index is 0.00000289. The molecule has 0 saturated carbocycles. The van der Waals surface area contributed by atoms with Gasteiger partial charge in [-0.2, -0.15) is 5.10 Å². The van der Waals surface area contributed by atoms with Gasteiger partial charge in [-0.05, 0) is 23.9 Å². The second-order valence-corrected chi connectivity index (χ2v) is 9.66. The van der Waals surface area contributed by atoms with Crippen LogP contribution in [0.25, 0.3) is 11.3 Å². The molecule has 3 aromatic heterocycles. The molecule has 4 aromatic rings. The lowest BCUT2D eigenvalue weighted by molar-refractivity contribution is 0.109. The van der Waals surface area contributed by atoms with Gasteiger partial charge < -0.3 is 9.64 Å². The summed E-state index contributed by atoms with van der Waals surface area (Å²) in [5.41, 5.74) is 5.92. The number of anilines is 1. The lowest BCUT2D eigenvalue weighted by atomic mass is 10.0. The van der Waals surface area contributed by atoms with Crippen LogP contribution in [0, 0.1) is 6.92 Å². The number of benzene rings is 1. The molecule has 0 radical (unpaired) electrons. The molecule has 9 heteroatoms. The molecule has 0 bridgehead atoms. The van der Waals surface area contributed by atoms with Crippen LogP contribution in [0.1, 0.15) is 21.7 Å². The van der Waals surface area contributed by atoms with Crippen LogP contribution in [0.2, 0.25) is 0 Å². The van der Waals surface area contributed by atoms with Crippen LogP contribution in [-0.4, -0.2) is 50.8 Å². The van der Waals surface area contributed by atoms with Gasteiger partial charge in [0.05, 0.1) is 25.1 Å². The Morgan fingerprint density at radius 2 is 1.80 bits per heavy atom. The fourth-order valence-electron chi connectivity index (χ4n) is 4.31. The zero-order valence-electron chi connectivity index (χ0n) is 20.1. The highest BCUT2D eigenvalue weighted by Crippen LogP contribution is 2.27. The Morgan fingerprint density at radius 1 is 1.00 bits per heavy atom. The summed E-state index contributed by atoms with van der Waals surface area (Å²) in [5, 5.41) is 6.95. The largest absolute Gasteiger partial charge is 0.371 e. The van der Waals surface area contributed by atoms with Crippen molar-refractivity contribution in [3.8, 4) is 11.3 Å². The van der Waals surface area contributed by atoms with Crippen LogP contribution in [-0.2, 0) is 31.5 Å². The smallest absolute Gasteiger partial charge is 0.147 e. The van der Waals surface area contributed by atoms with E-state index in [2.05, 4.69) is 68.5 Å². The van der Waals surface area contributed by atoms with Gasteiger partial charge in [-0.15, -0.1) is 23.7 Å². The van der Waals surface area contributed by atoms with Gasteiger partial charge in [-0.25, -0.2) is 4.98 Å². The van der Waals surface area contributed by atoms with Gasteiger partial charge in [0.2, 0.25) is 0 Å². The topological polar surface area (TPSA) is 59.3 Å². The van der Waals surface area contributed by atoms with Crippen LogP contribution >= 0.6 is 23.7 Å². The molecule has 1 aromatic carbocycles. The van der Waals surface area contributed by atoms with E-state index in [1.165, 1.54) is 21.7 Å². The summed E-state index contributed by atoms with van der Waals surface area (Å²) < 4.78 is 7.87. The number of aryl methyl sites for hydroxylation is 1. The highest BCUT2D eigenvalue weighted by molar-refractivity contribution is 7.09. The molecule has 1 aliphatic heterocycles. The number of hydrogen-bond acceptors (Lipinski definition) is 7. The maximum atomic E-state index is 5.87. The van der Waals surface area contributed by atoms with Crippen molar-refractivity contribution >= 4 is 29.6 Å². The average molecular weight is 511 g/mol. The standard InChI is InChI=1S/C26H30N6OS.ClH/c1-20-24(17-31-11-13-32(14-12-31)25-16-27-9-10-28-25)26(29-30(20)2)22-7-5-21(6-8-22)18-33-19-23-4-3-15-34-23;/h3-10,15-16H,11-14,17-19H2,1-2H3;1H. The molecule has 0 aliphatic carbocycles. The van der Waals surface area contributed by atoms with Crippen molar-refractivity contribution in [1.82, 2.24) is 24.6 Å². The molecule has 0 atom stereocenters. The van der Waals surface area contributed by atoms with Gasteiger partial charge >= 0.3 is 0 Å². The Labute approximate surface area is 216 Å². The summed E-state index contributed by atoms with van der Waals surface area (Å²) in [7, 11) is 2.03. The van der Waals surface area contributed by atoms with Crippen LogP contribution < -0.4 is 4.90 Å². The third-order valence-electron chi connectivity index (χ3n) is 6.41. The Hall–Kier alpha value is -2.78. The van der Waals surface area contributed by atoms with Crippen molar-refractivity contribution < 1.29 is 4.74 Å². The lowest BCUT2D eigenvalue weighted by Crippen LogP contribution is -2.46. The zero-order chi connectivity index (χ0) is 23.3. The number of halogens is 1. The second-order valence-electron chi connectivity index (χ2n) is 8.63. The quantitative estimate of drug-likeness (QED) is 0.342. The van der Waals surface area contributed by atoms with Crippen LogP contribution in [0.5, 0.6) is 0 Å². The summed E-state index contributed by atoms with van der Waals surface area (Å²) >= 11 is 1.73. The number of rotatable bonds is 8. The summed E-state index contributed by atoms with van der Waals surface area (Å²) in [6.07, 6.45) is 5.32. The number of thiophene rings is 1. The highest BCUT2D eigenvalue weighted by Gasteiger charge is 2.22. The SMILES string of the molecule is Cc1c(CN2CCN(c3cnccn3)CC2)c(-c2ccc(COCc3cccs3)cc2)nn1C.Cl. The summed E-state index contributed by atoms with van der Waals surface area (Å²) in [6, 6.07) is 12.8. The van der Waals surface area contributed by atoms with E-state index in [0.717, 1.165) is 49.8 Å². The normalized spacial score (nSPS) is 14.2. The molecule has 0 N–H and O–H groups in total. The van der Waals surface area contributed by atoms with Crippen LogP contribution in [0.3, 0.4) is 0 Å². The maximum absolute atomic E-state index is 5.87. The van der Waals surface area contributed by atoms with Gasteiger partial charge in [0, 0.05) is 73.9 Å². The van der Waals surface area contributed by atoms with E-state index in [-0.39, 0.29) is 12.4 Å². The van der Waals surface area contributed by atoms with E-state index in [0.29, 0.717) is 13.2 Å². The Kier molecular flexibility index (Phi) is 8.51. The summed E-state index contributed by atoms with van der Waals surface area (Å²) in [5.74, 6) is 0.958. The first-order valence-electron chi connectivity index (χ1n) is 11.6. The maximum Gasteiger partial charge on any atom is 0.147 e. The predicted molar refractivity (Wildman–Crippen MR) is 143 cm³/mol. The monoisotopic (exact) mass is 510 g/mol. The minimum absolute atomic E-state index is 0. The van der Waals surface area contributed by atoms with E-state index in [9.17, 15) is 0 Å². The Bertz CT molecular complexity index is 1190. The lowest BCUT2D eigenvalue weighted by Gasteiger charge is -2.35. The van der Waals surface area contributed by atoms with Crippen LogP contribution in [0.15, 0.2) is 60.4 Å². The van der Waals surface area contributed by atoms with Crippen LogP contribution in [0.4, 0.5) is 5.82 Å². The van der Waals surface area contributed by atoms with Gasteiger partial charge in [0.15, 0.2) is 0 Å². The first-order chi connectivity index (χ1) is 16.7. The first kappa shape index (κ1) is 25.3. The fourth-order valence-corrected chi connectivity index (χ4v) is 4.95. The van der Waals surface area contributed by atoms with E-state index >= 15 is 0 Å². The molecule has 5 rings (SSSR count). The van der Waals surface area contributed by atoms with Crippen molar-refractivity contribution in [1.29, 1.82) is 0 Å². The molecule has 35 heavy (non-hydrogen) atoms. The fraction of sp³-hybridized carbons (Fsp3) is 0.346. The van der Waals surface area contributed by atoms with Gasteiger partial charge in [0.1, 0.15) is 5.82 Å². The molecule has 7 nitrogen and oxygen atoms in total. The number of hydrogen-bond donors (Lipinski definition) is 0. The first-order valence-corrected chi connectivity index (χ1v) is 12.5. The molecule has 1 saturated heterocycles. The summed E-state index contributed by atoms with van der Waals surface area (Å²) in [4.78, 5) is 14.7. The van der Waals surface area contributed by atoms with E-state index in [1.54, 1.807) is 23.7 Å². The summed E-state index contributed by atoms with van der Waals surface area (Å²) in [6.45, 7) is 8.22. The number of ether oxygens (including phenoxy) is 1. The van der Waals surface area contributed by atoms with E-state index < -0.39 is 0 Å². The number of piperazine rings is 1. The molecule has 0 amide bonds. The van der Waals surface area contributed by atoms with Crippen molar-refractivity contribution in [2.45, 2.75) is 26.7 Å². The minimum atomic E-state index is 0. The van der Waals surface area contributed by atoms with E-state index in [4.69, 9.17) is 9.84 Å². The minimum Gasteiger partial charge on any atom is -0.371 e. The van der Waals surface area contributed by atoms with Crippen molar-refractivity contribution in [2.24, 2.45) is 7.05 Å². The molecule has 1 aliphatic rings. The third-order valence-corrected chi connectivity index (χ3v) is 7.26. The molecular formula is C26H31ClN6OS. The third kappa shape index (κ3) is 6.08. The van der Waals surface area contributed by atoms with E-state index in [1.807, 2.05) is 17.9 Å². The zero-order valence-corrected chi connectivity index (χ0v) is 21.8. The van der Waals surface area contributed by atoms with Gasteiger partial charge in [0.25, 0.3) is 0 Å². The van der Waals surface area contributed by atoms with Crippen molar-refractivity contribution in [2.75, 3.05) is 31.1 Å².